The molecule has 20 heavy (non-hydrogen) atoms. The van der Waals surface area contributed by atoms with E-state index in [0.717, 1.165) is 5.56 Å². The third kappa shape index (κ3) is 4.86. The molecular formula is C14H24N2O3S. The van der Waals surface area contributed by atoms with Gasteiger partial charge < -0.3 is 10.5 Å². The second-order valence-electron chi connectivity index (χ2n) is 4.77. The van der Waals surface area contributed by atoms with Gasteiger partial charge in [0.1, 0.15) is 0 Å². The quantitative estimate of drug-likeness (QED) is 0.744. The minimum atomic E-state index is -3.38. The second kappa shape index (κ2) is 8.36. The molecule has 0 amide bonds. The molecule has 0 aliphatic rings. The third-order valence-electron chi connectivity index (χ3n) is 3.08. The third-order valence-corrected chi connectivity index (χ3v) is 5.27. The number of methoxy groups -OCH3 is 1. The number of nitrogens with two attached hydrogens (primary N) is 1. The fraction of sp³-hybridized carbons (Fsp3) is 0.571. The molecule has 0 fully saturated rings. The maximum absolute atomic E-state index is 12.5. The van der Waals surface area contributed by atoms with E-state index in [-0.39, 0.29) is 6.61 Å². The molecule has 0 heterocycles. The van der Waals surface area contributed by atoms with Crippen LogP contribution in [0.15, 0.2) is 30.3 Å². The van der Waals surface area contributed by atoms with Gasteiger partial charge in [0, 0.05) is 20.2 Å². The SMILES string of the molecule is COCC(C)S(=O)(=O)N(CCCN)Cc1ccccc1. The number of nitrogens with zero attached hydrogens (tertiary/aromatic N) is 1. The average Bonchev–Trinajstić information content (AvgIpc) is 2.44. The summed E-state index contributed by atoms with van der Waals surface area (Å²) in [6.07, 6.45) is 0.645. The lowest BCUT2D eigenvalue weighted by molar-refractivity contribution is 0.198. The summed E-state index contributed by atoms with van der Waals surface area (Å²) in [5.41, 5.74) is 6.47. The molecule has 1 unspecified atom stereocenters. The number of rotatable bonds is 9. The maximum Gasteiger partial charge on any atom is 0.219 e. The first-order chi connectivity index (χ1) is 9.52. The summed E-state index contributed by atoms with van der Waals surface area (Å²) in [5, 5.41) is -0.561. The highest BCUT2D eigenvalue weighted by Crippen LogP contribution is 2.14. The summed E-state index contributed by atoms with van der Waals surface area (Å²) in [6, 6.07) is 9.57. The van der Waals surface area contributed by atoms with Crippen molar-refractivity contribution in [1.29, 1.82) is 0 Å². The van der Waals surface area contributed by atoms with E-state index < -0.39 is 15.3 Å². The minimum absolute atomic E-state index is 0.191. The molecule has 2 N–H and O–H groups in total. The van der Waals surface area contributed by atoms with Gasteiger partial charge >= 0.3 is 0 Å². The molecule has 1 atom stereocenters. The molecule has 1 aromatic rings. The zero-order valence-electron chi connectivity index (χ0n) is 12.2. The van der Waals surface area contributed by atoms with Gasteiger partial charge in [-0.15, -0.1) is 0 Å². The Balaban J connectivity index is 2.88. The Bertz CT molecular complexity index is 476. The Morgan fingerprint density at radius 2 is 1.95 bits per heavy atom. The Morgan fingerprint density at radius 3 is 2.50 bits per heavy atom. The van der Waals surface area contributed by atoms with E-state index in [1.54, 1.807) is 6.92 Å². The van der Waals surface area contributed by atoms with E-state index in [1.807, 2.05) is 30.3 Å². The molecule has 0 radical (unpaired) electrons. The minimum Gasteiger partial charge on any atom is -0.383 e. The zero-order chi connectivity index (χ0) is 15.0. The van der Waals surface area contributed by atoms with Crippen LogP contribution >= 0.6 is 0 Å². The number of hydrogen-bond acceptors (Lipinski definition) is 4. The monoisotopic (exact) mass is 300 g/mol. The van der Waals surface area contributed by atoms with E-state index in [4.69, 9.17) is 10.5 Å². The largest absolute Gasteiger partial charge is 0.383 e. The molecule has 0 aliphatic heterocycles. The first-order valence-electron chi connectivity index (χ1n) is 6.74. The van der Waals surface area contributed by atoms with Crippen molar-refractivity contribution in [2.24, 2.45) is 5.73 Å². The summed E-state index contributed by atoms with van der Waals surface area (Å²) in [5.74, 6) is 0. The van der Waals surface area contributed by atoms with E-state index in [1.165, 1.54) is 11.4 Å². The first-order valence-corrected chi connectivity index (χ1v) is 8.24. The summed E-state index contributed by atoms with van der Waals surface area (Å²) in [4.78, 5) is 0. The van der Waals surface area contributed by atoms with Crippen molar-refractivity contribution in [1.82, 2.24) is 4.31 Å². The van der Waals surface area contributed by atoms with Crippen molar-refractivity contribution in [3.8, 4) is 0 Å². The van der Waals surface area contributed by atoms with Crippen LogP contribution in [-0.2, 0) is 21.3 Å². The number of hydrogen-bond donors (Lipinski definition) is 1. The van der Waals surface area contributed by atoms with E-state index in [9.17, 15) is 8.42 Å². The molecule has 0 aliphatic carbocycles. The summed E-state index contributed by atoms with van der Waals surface area (Å²) >= 11 is 0. The molecule has 1 rings (SSSR count). The average molecular weight is 300 g/mol. The van der Waals surface area contributed by atoms with Crippen molar-refractivity contribution >= 4 is 10.0 Å². The highest BCUT2D eigenvalue weighted by Gasteiger charge is 2.28. The van der Waals surface area contributed by atoms with E-state index >= 15 is 0 Å². The highest BCUT2D eigenvalue weighted by molar-refractivity contribution is 7.89. The zero-order valence-corrected chi connectivity index (χ0v) is 13.0. The predicted octanol–water partition coefficient (Wildman–Crippen LogP) is 1.20. The van der Waals surface area contributed by atoms with Gasteiger partial charge in [0.2, 0.25) is 10.0 Å². The highest BCUT2D eigenvalue weighted by atomic mass is 32.2. The maximum atomic E-state index is 12.5. The molecule has 1 aromatic carbocycles. The standard InChI is InChI=1S/C14H24N2O3S/c1-13(12-19-2)20(17,18)16(10-6-9-15)11-14-7-4-3-5-8-14/h3-5,7-8,13H,6,9-12,15H2,1-2H3. The van der Waals surface area contributed by atoms with Crippen molar-refractivity contribution < 1.29 is 13.2 Å². The van der Waals surface area contributed by atoms with Crippen molar-refractivity contribution in [3.05, 3.63) is 35.9 Å². The van der Waals surface area contributed by atoms with Crippen molar-refractivity contribution in [2.75, 3.05) is 26.8 Å². The summed E-state index contributed by atoms with van der Waals surface area (Å²) in [6.45, 7) is 3.13. The fourth-order valence-corrected chi connectivity index (χ4v) is 3.46. The topological polar surface area (TPSA) is 72.6 Å². The van der Waals surface area contributed by atoms with Crippen LogP contribution in [0.1, 0.15) is 18.9 Å². The number of ether oxygens (including phenoxy) is 1. The Labute approximate surface area is 121 Å². The van der Waals surface area contributed by atoms with E-state index in [0.29, 0.717) is 26.1 Å². The summed E-state index contributed by atoms with van der Waals surface area (Å²) in [7, 11) is -1.87. The predicted molar refractivity (Wildman–Crippen MR) is 80.8 cm³/mol. The van der Waals surface area contributed by atoms with Gasteiger partial charge in [0.15, 0.2) is 0 Å². The molecule has 6 heteroatoms. The van der Waals surface area contributed by atoms with Crippen LogP contribution in [0.4, 0.5) is 0 Å². The lowest BCUT2D eigenvalue weighted by Crippen LogP contribution is -2.40. The molecule has 5 nitrogen and oxygen atoms in total. The molecule has 114 valence electrons. The Kier molecular flexibility index (Phi) is 7.15. The fourth-order valence-electron chi connectivity index (χ4n) is 1.93. The van der Waals surface area contributed by atoms with Gasteiger partial charge in [-0.25, -0.2) is 8.42 Å². The van der Waals surface area contributed by atoms with Gasteiger partial charge in [-0.2, -0.15) is 4.31 Å². The first kappa shape index (κ1) is 17.1. The van der Waals surface area contributed by atoms with Crippen LogP contribution < -0.4 is 5.73 Å². The normalized spacial score (nSPS) is 13.6. The number of sulfonamides is 1. The Morgan fingerprint density at radius 1 is 1.30 bits per heavy atom. The molecule has 0 saturated heterocycles. The molecule has 0 spiro atoms. The smallest absolute Gasteiger partial charge is 0.219 e. The lowest BCUT2D eigenvalue weighted by atomic mass is 10.2. The van der Waals surface area contributed by atoms with Gasteiger partial charge in [0.25, 0.3) is 0 Å². The Hall–Kier alpha value is -0.950. The van der Waals surface area contributed by atoms with Crippen molar-refractivity contribution in [2.45, 2.75) is 25.1 Å². The molecule has 0 aromatic heterocycles. The van der Waals surface area contributed by atoms with Gasteiger partial charge in [-0.05, 0) is 25.5 Å². The lowest BCUT2D eigenvalue weighted by Gasteiger charge is -2.25. The summed E-state index contributed by atoms with van der Waals surface area (Å²) < 4.78 is 31.5. The number of benzene rings is 1. The van der Waals surface area contributed by atoms with Crippen LogP contribution in [-0.4, -0.2) is 44.8 Å². The van der Waals surface area contributed by atoms with Crippen LogP contribution in [0, 0.1) is 0 Å². The van der Waals surface area contributed by atoms with Gasteiger partial charge in [-0.1, -0.05) is 30.3 Å². The molecular weight excluding hydrogens is 276 g/mol. The van der Waals surface area contributed by atoms with Crippen LogP contribution in [0.2, 0.25) is 0 Å². The van der Waals surface area contributed by atoms with Crippen LogP contribution in [0.5, 0.6) is 0 Å². The van der Waals surface area contributed by atoms with Crippen LogP contribution in [0.3, 0.4) is 0 Å². The second-order valence-corrected chi connectivity index (χ2v) is 7.12. The van der Waals surface area contributed by atoms with E-state index in [2.05, 4.69) is 0 Å². The molecule has 0 saturated carbocycles. The van der Waals surface area contributed by atoms with Crippen molar-refractivity contribution in [3.63, 3.8) is 0 Å². The molecule has 0 bridgehead atoms. The van der Waals surface area contributed by atoms with Gasteiger partial charge in [0.05, 0.1) is 11.9 Å². The van der Waals surface area contributed by atoms with Crippen LogP contribution in [0.25, 0.3) is 0 Å². The van der Waals surface area contributed by atoms with Gasteiger partial charge in [-0.3, -0.25) is 0 Å².